The summed E-state index contributed by atoms with van der Waals surface area (Å²) in [6.07, 6.45) is 2.49. The molecule has 1 saturated carbocycles. The predicted molar refractivity (Wildman–Crippen MR) is 184 cm³/mol. The van der Waals surface area contributed by atoms with Gasteiger partial charge in [-0.3, -0.25) is 0 Å². The zero-order valence-corrected chi connectivity index (χ0v) is 25.0. The minimum absolute atomic E-state index is 0.152. The molecule has 0 aromatic heterocycles. The Morgan fingerprint density at radius 1 is 0.455 bits per heavy atom. The van der Waals surface area contributed by atoms with Crippen LogP contribution in [-0.2, 0) is 5.41 Å². The molecule has 0 saturated heterocycles. The first-order valence-electron chi connectivity index (χ1n) is 15.6. The Morgan fingerprint density at radius 3 is 1.41 bits per heavy atom. The van der Waals surface area contributed by atoms with Crippen LogP contribution in [0.25, 0.3) is 33.9 Å². The van der Waals surface area contributed by atoms with E-state index in [9.17, 15) is 0 Å². The molecule has 0 N–H and O–H groups in total. The van der Waals surface area contributed by atoms with Crippen molar-refractivity contribution in [2.24, 2.45) is 0 Å². The third-order valence-corrected chi connectivity index (χ3v) is 10.2. The number of allylic oxidation sites excluding steroid dienone is 2. The number of hydrogen-bond donors (Lipinski definition) is 0. The first kappa shape index (κ1) is 25.3. The molecule has 1 unspecified atom stereocenters. The Morgan fingerprint density at radius 2 is 0.886 bits per heavy atom. The van der Waals surface area contributed by atoms with E-state index in [4.69, 9.17) is 0 Å². The Labute approximate surface area is 259 Å². The molecule has 0 aliphatic heterocycles. The van der Waals surface area contributed by atoms with E-state index in [1.807, 2.05) is 0 Å². The van der Waals surface area contributed by atoms with Crippen LogP contribution in [0.15, 0.2) is 157 Å². The summed E-state index contributed by atoms with van der Waals surface area (Å²) in [7, 11) is 0. The summed E-state index contributed by atoms with van der Waals surface area (Å²) in [5.41, 5.74) is 20.0. The third-order valence-electron chi connectivity index (χ3n) is 10.2. The van der Waals surface area contributed by atoms with Gasteiger partial charge >= 0.3 is 0 Å². The maximum atomic E-state index is 2.49. The van der Waals surface area contributed by atoms with Gasteiger partial charge in [0, 0.05) is 5.92 Å². The van der Waals surface area contributed by atoms with E-state index in [2.05, 4.69) is 166 Å². The molecule has 0 nitrogen and oxygen atoms in total. The Balaban J connectivity index is 1.46. The van der Waals surface area contributed by atoms with Gasteiger partial charge in [-0.2, -0.15) is 0 Å². The van der Waals surface area contributed by atoms with Crippen LogP contribution in [0.2, 0.25) is 0 Å². The van der Waals surface area contributed by atoms with Crippen LogP contribution in [0.4, 0.5) is 0 Å². The Hall–Kier alpha value is -5.20. The fraction of sp³-hybridized carbons (Fsp3) is 0.0909. The molecule has 6 aromatic rings. The van der Waals surface area contributed by atoms with Gasteiger partial charge in [-0.15, -0.1) is 0 Å². The average Bonchev–Trinajstić information content (AvgIpc) is 3.56. The summed E-state index contributed by atoms with van der Waals surface area (Å²) in [5.74, 6) is 0.152. The highest BCUT2D eigenvalue weighted by atomic mass is 14.6. The van der Waals surface area contributed by atoms with Gasteiger partial charge in [0.2, 0.25) is 0 Å². The fourth-order valence-corrected chi connectivity index (χ4v) is 8.31. The largest absolute Gasteiger partial charge is 0.0619 e. The molecule has 6 aromatic carbocycles. The van der Waals surface area contributed by atoms with Gasteiger partial charge in [0.1, 0.15) is 0 Å². The van der Waals surface area contributed by atoms with E-state index >= 15 is 0 Å². The molecule has 9 rings (SSSR count). The molecule has 208 valence electrons. The van der Waals surface area contributed by atoms with E-state index in [1.165, 1.54) is 83.5 Å². The van der Waals surface area contributed by atoms with Crippen molar-refractivity contribution in [3.8, 4) is 22.3 Å². The van der Waals surface area contributed by atoms with Crippen molar-refractivity contribution >= 4 is 11.6 Å². The van der Waals surface area contributed by atoms with Crippen molar-refractivity contribution in [3.05, 3.63) is 201 Å². The second-order valence-electron chi connectivity index (χ2n) is 12.6. The minimum Gasteiger partial charge on any atom is -0.0619 e. The maximum Gasteiger partial charge on any atom is 0.0576 e. The summed E-state index contributed by atoms with van der Waals surface area (Å²) >= 11 is 0. The lowest BCUT2D eigenvalue weighted by Gasteiger charge is -2.55. The molecule has 0 bridgehead atoms. The highest BCUT2D eigenvalue weighted by molar-refractivity contribution is 6.07. The smallest absolute Gasteiger partial charge is 0.0576 e. The van der Waals surface area contributed by atoms with Gasteiger partial charge < -0.3 is 0 Å². The fourth-order valence-electron chi connectivity index (χ4n) is 8.31. The molecule has 0 amide bonds. The van der Waals surface area contributed by atoms with Crippen LogP contribution in [0.1, 0.15) is 50.4 Å². The monoisotopic (exact) mass is 560 g/mol. The zero-order chi connectivity index (χ0) is 29.4. The van der Waals surface area contributed by atoms with E-state index in [1.54, 1.807) is 0 Å². The normalized spacial score (nSPS) is 17.7. The summed E-state index contributed by atoms with van der Waals surface area (Å²) in [4.78, 5) is 0. The van der Waals surface area contributed by atoms with Crippen molar-refractivity contribution in [2.45, 2.75) is 25.2 Å². The van der Waals surface area contributed by atoms with E-state index in [-0.39, 0.29) is 11.3 Å². The molecule has 3 aliphatic rings. The van der Waals surface area contributed by atoms with Gasteiger partial charge in [0.25, 0.3) is 0 Å². The van der Waals surface area contributed by atoms with E-state index < -0.39 is 0 Å². The van der Waals surface area contributed by atoms with Gasteiger partial charge in [-0.05, 0) is 86.2 Å². The van der Waals surface area contributed by atoms with Gasteiger partial charge in [0.05, 0.1) is 5.41 Å². The lowest BCUT2D eigenvalue weighted by atomic mass is 9.46. The minimum atomic E-state index is -0.303. The topological polar surface area (TPSA) is 0 Å². The quantitative estimate of drug-likeness (QED) is 0.197. The molecular formula is C44H32. The second kappa shape index (κ2) is 9.40. The number of aryl methyl sites for hydroxylation is 2. The molecule has 1 fully saturated rings. The maximum absolute atomic E-state index is 2.49. The predicted octanol–water partition coefficient (Wildman–Crippen LogP) is 10.9. The lowest BCUT2D eigenvalue weighted by molar-refractivity contribution is 0.462. The van der Waals surface area contributed by atoms with Crippen molar-refractivity contribution in [3.63, 3.8) is 0 Å². The number of rotatable bonds is 2. The third kappa shape index (κ3) is 3.34. The Bertz CT molecular complexity index is 2080. The van der Waals surface area contributed by atoms with Crippen LogP contribution >= 0.6 is 0 Å². The van der Waals surface area contributed by atoms with Crippen molar-refractivity contribution in [2.75, 3.05) is 0 Å². The van der Waals surface area contributed by atoms with E-state index in [0.717, 1.165) is 0 Å². The first-order valence-corrected chi connectivity index (χ1v) is 15.6. The van der Waals surface area contributed by atoms with Crippen LogP contribution in [0.3, 0.4) is 0 Å². The summed E-state index contributed by atoms with van der Waals surface area (Å²) in [6.45, 7) is 4.35. The van der Waals surface area contributed by atoms with Crippen LogP contribution in [0, 0.1) is 13.8 Å². The molecule has 3 aliphatic carbocycles. The zero-order valence-electron chi connectivity index (χ0n) is 25.0. The van der Waals surface area contributed by atoms with Crippen LogP contribution < -0.4 is 0 Å². The molecule has 1 spiro atoms. The van der Waals surface area contributed by atoms with E-state index in [0.29, 0.717) is 0 Å². The van der Waals surface area contributed by atoms with Gasteiger partial charge in [-0.25, -0.2) is 0 Å². The van der Waals surface area contributed by atoms with Crippen molar-refractivity contribution in [1.82, 2.24) is 0 Å². The van der Waals surface area contributed by atoms with Gasteiger partial charge in [-0.1, -0.05) is 163 Å². The average molecular weight is 561 g/mol. The molecule has 0 heteroatoms. The summed E-state index contributed by atoms with van der Waals surface area (Å²) in [5, 5.41) is 0. The SMILES string of the molecule is Cc1ccc(/C=C2/C(=C3c4ccccc4-c4ccccc43)C(c3ccc(C)cc3)C23c2ccccc2-c2ccccc23)cc1. The van der Waals surface area contributed by atoms with Crippen molar-refractivity contribution in [1.29, 1.82) is 0 Å². The summed E-state index contributed by atoms with van der Waals surface area (Å²) in [6, 6.07) is 54.6. The first-order chi connectivity index (χ1) is 21.7. The summed E-state index contributed by atoms with van der Waals surface area (Å²) < 4.78 is 0. The molecule has 0 radical (unpaired) electrons. The number of benzene rings is 6. The molecule has 0 heterocycles. The second-order valence-corrected chi connectivity index (χ2v) is 12.6. The van der Waals surface area contributed by atoms with Crippen molar-refractivity contribution < 1.29 is 0 Å². The number of fused-ring (bicyclic) bond motifs is 8. The molecule has 44 heavy (non-hydrogen) atoms. The van der Waals surface area contributed by atoms with Crippen LogP contribution in [0.5, 0.6) is 0 Å². The standard InChI is InChI=1S/C44H32/c1-28-19-23-30(24-20-28)27-40-42(41-36-15-5-3-11-32(36)33-12-4-6-16-37(33)41)43(31-25-21-29(2)22-26-31)44(40)38-17-9-7-13-34(38)35-14-8-10-18-39(35)44/h3-27,43H,1-2H3/b40-27-. The Kier molecular flexibility index (Phi) is 5.41. The highest BCUT2D eigenvalue weighted by Gasteiger charge is 2.62. The molecule has 1 atom stereocenters. The van der Waals surface area contributed by atoms with Gasteiger partial charge in [0.15, 0.2) is 0 Å². The highest BCUT2D eigenvalue weighted by Crippen LogP contribution is 2.72. The molecular weight excluding hydrogens is 528 g/mol. The lowest BCUT2D eigenvalue weighted by Crippen LogP contribution is -2.47. The van der Waals surface area contributed by atoms with Crippen LogP contribution in [-0.4, -0.2) is 0 Å². The number of hydrogen-bond acceptors (Lipinski definition) is 0.